The van der Waals surface area contributed by atoms with Crippen molar-refractivity contribution in [2.24, 2.45) is 0 Å². The molecule has 0 saturated carbocycles. The molecule has 1 aliphatic rings. The fourth-order valence-electron chi connectivity index (χ4n) is 2.36. The normalized spacial score (nSPS) is 17.7. The lowest BCUT2D eigenvalue weighted by molar-refractivity contribution is 0.102. The summed E-state index contributed by atoms with van der Waals surface area (Å²) in [6, 6.07) is 11.0. The van der Waals surface area contributed by atoms with Crippen LogP contribution in [-0.4, -0.2) is 24.1 Å². The van der Waals surface area contributed by atoms with Crippen molar-refractivity contribution in [1.82, 2.24) is 4.98 Å². The maximum absolute atomic E-state index is 12.1. The molecule has 3 rings (SSSR count). The van der Waals surface area contributed by atoms with Crippen molar-refractivity contribution in [2.45, 2.75) is 12.3 Å². The molecule has 0 bridgehead atoms. The van der Waals surface area contributed by atoms with Crippen molar-refractivity contribution in [3.05, 3.63) is 58.9 Å². The Morgan fingerprint density at radius 1 is 1.29 bits per heavy atom. The van der Waals surface area contributed by atoms with Gasteiger partial charge in [-0.2, -0.15) is 0 Å². The molecule has 1 aliphatic heterocycles. The number of hydrogen-bond acceptors (Lipinski definition) is 3. The molecule has 108 valence electrons. The third-order valence-electron chi connectivity index (χ3n) is 3.52. The van der Waals surface area contributed by atoms with E-state index < -0.39 is 0 Å². The van der Waals surface area contributed by atoms with E-state index in [9.17, 15) is 4.79 Å². The van der Waals surface area contributed by atoms with Crippen LogP contribution in [-0.2, 0) is 4.74 Å². The second kappa shape index (κ2) is 6.24. The molecule has 4 nitrogen and oxygen atoms in total. The van der Waals surface area contributed by atoms with Crippen molar-refractivity contribution < 1.29 is 9.53 Å². The number of benzene rings is 1. The molecule has 0 aliphatic carbocycles. The minimum atomic E-state index is -0.269. The number of aromatic nitrogens is 1. The third-order valence-corrected chi connectivity index (χ3v) is 3.76. The molecular formula is C16H15ClN2O2. The van der Waals surface area contributed by atoms with Crippen molar-refractivity contribution in [1.29, 1.82) is 0 Å². The Kier molecular flexibility index (Phi) is 4.18. The van der Waals surface area contributed by atoms with E-state index >= 15 is 0 Å². The predicted molar refractivity (Wildman–Crippen MR) is 81.8 cm³/mol. The van der Waals surface area contributed by atoms with Crippen LogP contribution in [0.5, 0.6) is 0 Å². The van der Waals surface area contributed by atoms with Gasteiger partial charge in [-0.15, -0.1) is 0 Å². The van der Waals surface area contributed by atoms with Crippen LogP contribution >= 0.6 is 11.6 Å². The summed E-state index contributed by atoms with van der Waals surface area (Å²) in [5, 5.41) is 3.30. The topological polar surface area (TPSA) is 51.2 Å². The van der Waals surface area contributed by atoms with E-state index in [1.165, 1.54) is 11.8 Å². The zero-order valence-electron chi connectivity index (χ0n) is 11.4. The second-order valence-electron chi connectivity index (χ2n) is 5.00. The van der Waals surface area contributed by atoms with Gasteiger partial charge < -0.3 is 10.1 Å². The zero-order valence-corrected chi connectivity index (χ0v) is 12.1. The average molecular weight is 303 g/mol. The molecule has 1 amide bonds. The maximum Gasteiger partial charge on any atom is 0.274 e. The summed E-state index contributed by atoms with van der Waals surface area (Å²) < 4.78 is 5.38. The van der Waals surface area contributed by atoms with Gasteiger partial charge in [-0.3, -0.25) is 9.78 Å². The van der Waals surface area contributed by atoms with E-state index in [2.05, 4.69) is 10.3 Å². The predicted octanol–water partition coefficient (Wildman–Crippen LogP) is 3.49. The van der Waals surface area contributed by atoms with Crippen LogP contribution in [0.3, 0.4) is 0 Å². The molecular weight excluding hydrogens is 288 g/mol. The van der Waals surface area contributed by atoms with Gasteiger partial charge in [-0.1, -0.05) is 23.7 Å². The summed E-state index contributed by atoms with van der Waals surface area (Å²) in [4.78, 5) is 16.1. The van der Waals surface area contributed by atoms with Crippen LogP contribution in [0.25, 0.3) is 0 Å². The molecule has 5 heteroatoms. The van der Waals surface area contributed by atoms with Crippen molar-refractivity contribution >= 4 is 23.2 Å². The average Bonchev–Trinajstić information content (AvgIpc) is 3.02. The number of halogens is 1. The summed E-state index contributed by atoms with van der Waals surface area (Å²) in [7, 11) is 0. The number of anilines is 1. The van der Waals surface area contributed by atoms with Crippen molar-refractivity contribution in [3.8, 4) is 0 Å². The number of nitrogens with zero attached hydrogens (tertiary/aromatic N) is 1. The Morgan fingerprint density at radius 3 is 2.76 bits per heavy atom. The lowest BCUT2D eigenvalue weighted by Crippen LogP contribution is -2.13. The summed E-state index contributed by atoms with van der Waals surface area (Å²) in [6.45, 7) is 1.60. The van der Waals surface area contributed by atoms with E-state index in [4.69, 9.17) is 16.3 Å². The van der Waals surface area contributed by atoms with E-state index in [0.29, 0.717) is 16.6 Å². The first-order chi connectivity index (χ1) is 10.2. The first kappa shape index (κ1) is 14.0. The Hall–Kier alpha value is -1.91. The highest BCUT2D eigenvalue weighted by atomic mass is 35.5. The van der Waals surface area contributed by atoms with Gasteiger partial charge in [0, 0.05) is 29.4 Å². The molecule has 2 aromatic rings. The van der Waals surface area contributed by atoms with Crippen LogP contribution in [0, 0.1) is 0 Å². The van der Waals surface area contributed by atoms with Crippen LogP contribution in [0.2, 0.25) is 5.02 Å². The second-order valence-corrected chi connectivity index (χ2v) is 5.43. The SMILES string of the molecule is O=C(Nc1ccc(C2CCOC2)cc1)c1cc(Cl)ccn1. The lowest BCUT2D eigenvalue weighted by atomic mass is 9.98. The highest BCUT2D eigenvalue weighted by Crippen LogP contribution is 2.26. The van der Waals surface area contributed by atoms with Gasteiger partial charge in [0.15, 0.2) is 0 Å². The highest BCUT2D eigenvalue weighted by molar-refractivity contribution is 6.30. The number of ether oxygens (including phenoxy) is 1. The summed E-state index contributed by atoms with van der Waals surface area (Å²) in [6.07, 6.45) is 2.57. The Morgan fingerprint density at radius 2 is 2.10 bits per heavy atom. The molecule has 2 heterocycles. The molecule has 0 radical (unpaired) electrons. The molecule has 1 aromatic carbocycles. The summed E-state index contributed by atoms with van der Waals surface area (Å²) in [5.41, 5.74) is 2.28. The van der Waals surface area contributed by atoms with Crippen molar-refractivity contribution in [2.75, 3.05) is 18.5 Å². The van der Waals surface area contributed by atoms with Crippen LogP contribution in [0.4, 0.5) is 5.69 Å². The molecule has 1 N–H and O–H groups in total. The third kappa shape index (κ3) is 3.40. The van der Waals surface area contributed by atoms with E-state index in [0.717, 1.165) is 25.3 Å². The number of nitrogens with one attached hydrogen (secondary N) is 1. The van der Waals surface area contributed by atoms with Gasteiger partial charge >= 0.3 is 0 Å². The zero-order chi connectivity index (χ0) is 14.7. The molecule has 1 aromatic heterocycles. The van der Waals surface area contributed by atoms with E-state index in [1.807, 2.05) is 24.3 Å². The largest absolute Gasteiger partial charge is 0.381 e. The van der Waals surface area contributed by atoms with Gasteiger partial charge in [0.2, 0.25) is 0 Å². The number of pyridine rings is 1. The van der Waals surface area contributed by atoms with E-state index in [-0.39, 0.29) is 5.91 Å². The van der Waals surface area contributed by atoms with Gasteiger partial charge in [-0.25, -0.2) is 0 Å². The minimum Gasteiger partial charge on any atom is -0.381 e. The van der Waals surface area contributed by atoms with Gasteiger partial charge in [0.1, 0.15) is 5.69 Å². The fourth-order valence-corrected chi connectivity index (χ4v) is 2.52. The molecule has 1 saturated heterocycles. The molecule has 1 atom stereocenters. The minimum absolute atomic E-state index is 0.269. The van der Waals surface area contributed by atoms with Crippen molar-refractivity contribution in [3.63, 3.8) is 0 Å². The Labute approximate surface area is 128 Å². The Balaban J connectivity index is 1.68. The number of carbonyl (C=O) groups excluding carboxylic acids is 1. The summed E-state index contributed by atoms with van der Waals surface area (Å²) >= 11 is 5.85. The number of rotatable bonds is 3. The van der Waals surface area contributed by atoms with Gasteiger partial charge in [0.25, 0.3) is 5.91 Å². The highest BCUT2D eigenvalue weighted by Gasteiger charge is 2.17. The first-order valence-corrected chi connectivity index (χ1v) is 7.21. The molecule has 1 unspecified atom stereocenters. The molecule has 21 heavy (non-hydrogen) atoms. The van der Waals surface area contributed by atoms with Crippen LogP contribution in [0.15, 0.2) is 42.6 Å². The summed E-state index contributed by atoms with van der Waals surface area (Å²) in [5.74, 6) is 0.193. The van der Waals surface area contributed by atoms with Gasteiger partial charge in [-0.05, 0) is 36.2 Å². The quantitative estimate of drug-likeness (QED) is 0.944. The smallest absolute Gasteiger partial charge is 0.274 e. The van der Waals surface area contributed by atoms with Crippen LogP contribution in [0.1, 0.15) is 28.4 Å². The number of hydrogen-bond donors (Lipinski definition) is 1. The lowest BCUT2D eigenvalue weighted by Gasteiger charge is -2.10. The Bertz CT molecular complexity index is 637. The molecule has 1 fully saturated rings. The number of carbonyl (C=O) groups is 1. The van der Waals surface area contributed by atoms with E-state index in [1.54, 1.807) is 12.1 Å². The maximum atomic E-state index is 12.1. The monoisotopic (exact) mass is 302 g/mol. The first-order valence-electron chi connectivity index (χ1n) is 6.83. The van der Waals surface area contributed by atoms with Gasteiger partial charge in [0.05, 0.1) is 6.61 Å². The number of amides is 1. The van der Waals surface area contributed by atoms with Crippen LogP contribution < -0.4 is 5.32 Å². The standard InChI is InChI=1S/C16H15ClN2O2/c17-13-5-7-18-15(9-13)16(20)19-14-3-1-11(2-4-14)12-6-8-21-10-12/h1-5,7,9,12H,6,8,10H2,(H,19,20). The fraction of sp³-hybridized carbons (Fsp3) is 0.250. The molecule has 0 spiro atoms.